The highest BCUT2D eigenvalue weighted by Gasteiger charge is 2.30. The summed E-state index contributed by atoms with van der Waals surface area (Å²) in [6, 6.07) is 5.15. The second-order valence-corrected chi connectivity index (χ2v) is 11.3. The van der Waals surface area contributed by atoms with E-state index in [1.165, 1.54) is 0 Å². The first-order chi connectivity index (χ1) is 18.5. The summed E-state index contributed by atoms with van der Waals surface area (Å²) < 4.78 is 5.49. The number of dihydropyridines is 1. The SMILES string of the molecule is CCN(c1cc(-c2c(C)noc2C)cc(C(=O)NCC2C(=O)N=C(C)C=C2C)c1C)C1CCC(N(C)C)CC1. The molecule has 210 valence electrons. The molecule has 8 nitrogen and oxygen atoms in total. The van der Waals surface area contributed by atoms with Crippen LogP contribution in [0.25, 0.3) is 11.1 Å². The van der Waals surface area contributed by atoms with Crippen molar-refractivity contribution in [3.05, 3.63) is 46.4 Å². The molecule has 1 aliphatic carbocycles. The van der Waals surface area contributed by atoms with E-state index in [-0.39, 0.29) is 18.4 Å². The van der Waals surface area contributed by atoms with Crippen molar-refractivity contribution in [3.63, 3.8) is 0 Å². The molecule has 4 rings (SSSR count). The van der Waals surface area contributed by atoms with E-state index in [9.17, 15) is 9.59 Å². The van der Waals surface area contributed by atoms with Crippen LogP contribution in [0.4, 0.5) is 5.69 Å². The third kappa shape index (κ3) is 6.01. The molecule has 0 spiro atoms. The highest BCUT2D eigenvalue weighted by atomic mass is 16.5. The molecular weight excluding hydrogens is 490 g/mol. The first-order valence-electron chi connectivity index (χ1n) is 14.1. The predicted molar refractivity (Wildman–Crippen MR) is 157 cm³/mol. The summed E-state index contributed by atoms with van der Waals surface area (Å²) in [5.41, 5.74) is 6.87. The number of nitrogens with zero attached hydrogens (tertiary/aromatic N) is 4. The van der Waals surface area contributed by atoms with Gasteiger partial charge in [0, 0.05) is 47.7 Å². The number of anilines is 1. The van der Waals surface area contributed by atoms with Gasteiger partial charge < -0.3 is 19.6 Å². The minimum Gasteiger partial charge on any atom is -0.369 e. The quantitative estimate of drug-likeness (QED) is 0.498. The maximum Gasteiger partial charge on any atom is 0.254 e. The first-order valence-corrected chi connectivity index (χ1v) is 14.1. The lowest BCUT2D eigenvalue weighted by molar-refractivity contribution is -0.120. The van der Waals surface area contributed by atoms with Gasteiger partial charge in [-0.25, -0.2) is 4.99 Å². The van der Waals surface area contributed by atoms with Crippen molar-refractivity contribution in [3.8, 4) is 11.1 Å². The maximum atomic E-state index is 13.7. The molecule has 1 fully saturated rings. The molecule has 1 atom stereocenters. The predicted octanol–water partition coefficient (Wildman–Crippen LogP) is 5.26. The summed E-state index contributed by atoms with van der Waals surface area (Å²) >= 11 is 0. The Hall–Kier alpha value is -3.26. The third-order valence-corrected chi connectivity index (χ3v) is 8.47. The van der Waals surface area contributed by atoms with Gasteiger partial charge in [-0.15, -0.1) is 0 Å². The summed E-state index contributed by atoms with van der Waals surface area (Å²) in [5.74, 6) is -0.117. The van der Waals surface area contributed by atoms with Crippen LogP contribution in [0.3, 0.4) is 0 Å². The summed E-state index contributed by atoms with van der Waals surface area (Å²) in [6.07, 6.45) is 6.46. The number of aliphatic imine (C=N–C) groups is 1. The lowest BCUT2D eigenvalue weighted by Gasteiger charge is -2.40. The molecular formula is C31H43N5O3. The highest BCUT2D eigenvalue weighted by Crippen LogP contribution is 2.37. The zero-order chi connectivity index (χ0) is 28.4. The van der Waals surface area contributed by atoms with Crippen LogP contribution in [0.5, 0.6) is 0 Å². The fourth-order valence-electron chi connectivity index (χ4n) is 6.23. The number of aryl methyl sites for hydroxylation is 2. The summed E-state index contributed by atoms with van der Waals surface area (Å²) in [5, 5.41) is 7.21. The molecule has 1 N–H and O–H groups in total. The summed E-state index contributed by atoms with van der Waals surface area (Å²) in [6.45, 7) is 12.8. The zero-order valence-corrected chi connectivity index (χ0v) is 24.7. The number of allylic oxidation sites excluding steroid dienone is 1. The minimum absolute atomic E-state index is 0.193. The lowest BCUT2D eigenvalue weighted by atomic mass is 9.88. The molecule has 1 aromatic heterocycles. The number of carbonyl (C=O) groups is 2. The number of hydrogen-bond donors (Lipinski definition) is 1. The number of aromatic nitrogens is 1. The van der Waals surface area contributed by atoms with Gasteiger partial charge in [0.1, 0.15) is 5.76 Å². The van der Waals surface area contributed by atoms with Crippen molar-refractivity contribution in [2.75, 3.05) is 32.1 Å². The van der Waals surface area contributed by atoms with Crippen molar-refractivity contribution in [2.45, 2.75) is 79.3 Å². The Morgan fingerprint density at radius 1 is 1.05 bits per heavy atom. The van der Waals surface area contributed by atoms with Crippen LogP contribution in [0.2, 0.25) is 0 Å². The summed E-state index contributed by atoms with van der Waals surface area (Å²) in [7, 11) is 4.33. The van der Waals surface area contributed by atoms with E-state index in [1.807, 2.05) is 46.8 Å². The fraction of sp³-hybridized carbons (Fsp3) is 0.548. The van der Waals surface area contributed by atoms with Gasteiger partial charge >= 0.3 is 0 Å². The Morgan fingerprint density at radius 2 is 1.72 bits per heavy atom. The van der Waals surface area contributed by atoms with Crippen molar-refractivity contribution < 1.29 is 14.1 Å². The Bertz CT molecular complexity index is 1280. The molecule has 2 aliphatic rings. The second kappa shape index (κ2) is 11.9. The molecule has 2 heterocycles. The van der Waals surface area contributed by atoms with Gasteiger partial charge in [0.15, 0.2) is 0 Å². The largest absolute Gasteiger partial charge is 0.369 e. The average molecular weight is 534 g/mol. The molecule has 2 aromatic rings. The van der Waals surface area contributed by atoms with E-state index >= 15 is 0 Å². The molecule has 1 unspecified atom stereocenters. The first kappa shape index (κ1) is 28.7. The van der Waals surface area contributed by atoms with Crippen LogP contribution in [0.15, 0.2) is 33.3 Å². The van der Waals surface area contributed by atoms with Crippen LogP contribution in [0, 0.1) is 26.7 Å². The van der Waals surface area contributed by atoms with Gasteiger partial charge in [-0.2, -0.15) is 0 Å². The highest BCUT2D eigenvalue weighted by molar-refractivity contribution is 6.06. The Balaban J connectivity index is 1.69. The van der Waals surface area contributed by atoms with Crippen molar-refractivity contribution in [1.82, 2.24) is 15.4 Å². The molecule has 1 aromatic carbocycles. The number of carbonyl (C=O) groups excluding carboxylic acids is 2. The Morgan fingerprint density at radius 3 is 2.28 bits per heavy atom. The van der Waals surface area contributed by atoms with Crippen molar-refractivity contribution in [2.24, 2.45) is 10.9 Å². The van der Waals surface area contributed by atoms with E-state index < -0.39 is 5.92 Å². The molecule has 1 saturated carbocycles. The average Bonchev–Trinajstić information content (AvgIpc) is 3.22. The topological polar surface area (TPSA) is 91.0 Å². The van der Waals surface area contributed by atoms with Gasteiger partial charge in [0.05, 0.1) is 11.6 Å². The minimum atomic E-state index is -0.442. The third-order valence-electron chi connectivity index (χ3n) is 8.47. The van der Waals surface area contributed by atoms with E-state index in [4.69, 9.17) is 4.52 Å². The zero-order valence-electron chi connectivity index (χ0n) is 24.7. The maximum absolute atomic E-state index is 13.7. The molecule has 8 heteroatoms. The number of hydrogen-bond acceptors (Lipinski definition) is 6. The van der Waals surface area contributed by atoms with Crippen LogP contribution in [-0.4, -0.2) is 66.9 Å². The van der Waals surface area contributed by atoms with Crippen LogP contribution in [0.1, 0.15) is 73.8 Å². The fourth-order valence-corrected chi connectivity index (χ4v) is 6.23. The van der Waals surface area contributed by atoms with Gasteiger partial charge in [0.2, 0.25) is 0 Å². The van der Waals surface area contributed by atoms with E-state index in [1.54, 1.807) is 0 Å². The number of amides is 2. The van der Waals surface area contributed by atoms with Gasteiger partial charge in [-0.1, -0.05) is 10.7 Å². The normalized spacial score (nSPS) is 21.6. The molecule has 2 amide bonds. The molecule has 1 aliphatic heterocycles. The summed E-state index contributed by atoms with van der Waals surface area (Å²) in [4.78, 5) is 35.1. The molecule has 0 radical (unpaired) electrons. The number of nitrogens with one attached hydrogen (secondary N) is 1. The Labute approximate surface area is 232 Å². The monoisotopic (exact) mass is 533 g/mol. The lowest BCUT2D eigenvalue weighted by Crippen LogP contribution is -2.42. The van der Waals surface area contributed by atoms with Crippen molar-refractivity contribution in [1.29, 1.82) is 0 Å². The van der Waals surface area contributed by atoms with Crippen LogP contribution in [-0.2, 0) is 4.79 Å². The second-order valence-electron chi connectivity index (χ2n) is 11.3. The number of rotatable bonds is 8. The smallest absolute Gasteiger partial charge is 0.254 e. The van der Waals surface area contributed by atoms with E-state index in [0.717, 1.165) is 71.6 Å². The molecule has 0 saturated heterocycles. The van der Waals surface area contributed by atoms with Gasteiger partial charge in [-0.05, 0) is 111 Å². The van der Waals surface area contributed by atoms with Gasteiger partial charge in [-0.3, -0.25) is 9.59 Å². The van der Waals surface area contributed by atoms with Crippen LogP contribution >= 0.6 is 0 Å². The molecule has 0 bridgehead atoms. The molecule has 39 heavy (non-hydrogen) atoms. The van der Waals surface area contributed by atoms with Crippen LogP contribution < -0.4 is 10.2 Å². The Kier molecular flexibility index (Phi) is 8.74. The van der Waals surface area contributed by atoms with Crippen molar-refractivity contribution >= 4 is 23.2 Å². The van der Waals surface area contributed by atoms with E-state index in [2.05, 4.69) is 52.4 Å². The number of benzene rings is 1. The van der Waals surface area contributed by atoms with Gasteiger partial charge in [0.25, 0.3) is 11.8 Å². The standard InChI is InChI=1S/C31H43N5O3/c1-9-36(25-12-10-24(11-13-25)35(7)8)28-16-23(29-21(5)34-39-22(29)6)15-26(20(28)4)30(37)32-17-27-18(2)14-19(3)33-31(27)38/h14-16,24-25,27H,9-13,17H2,1-8H3,(H,32,37). The van der Waals surface area contributed by atoms with E-state index in [0.29, 0.717) is 23.4 Å².